The minimum Gasteiger partial charge on any atom is -0.294 e. The van der Waals surface area contributed by atoms with E-state index in [0.29, 0.717) is 23.8 Å². The monoisotopic (exact) mass is 248 g/mol. The summed E-state index contributed by atoms with van der Waals surface area (Å²) in [5, 5.41) is 0. The summed E-state index contributed by atoms with van der Waals surface area (Å²) in [7, 11) is 0. The third kappa shape index (κ3) is 2.63. The van der Waals surface area contributed by atoms with Gasteiger partial charge in [0.25, 0.3) is 0 Å². The fourth-order valence-corrected chi connectivity index (χ4v) is 2.84. The van der Waals surface area contributed by atoms with E-state index in [1.165, 1.54) is 25.3 Å². The van der Waals surface area contributed by atoms with E-state index in [0.717, 1.165) is 11.1 Å². The molecule has 2 rings (SSSR count). The van der Waals surface area contributed by atoms with E-state index >= 15 is 0 Å². The number of Topliss-reactive ketones (excluding diaryl/α,β-unsaturated/α-hetero) is 1. The van der Waals surface area contributed by atoms with Gasteiger partial charge in [0.1, 0.15) is 5.82 Å². The summed E-state index contributed by atoms with van der Waals surface area (Å²) in [4.78, 5) is 12.2. The SMILES string of the molecule is Cc1cc(C)c(C(=O)CC(C)C2CCC2)c(F)c1. The summed E-state index contributed by atoms with van der Waals surface area (Å²) in [6, 6.07) is 3.33. The largest absolute Gasteiger partial charge is 0.294 e. The van der Waals surface area contributed by atoms with Gasteiger partial charge in [-0.3, -0.25) is 4.79 Å². The maximum absolute atomic E-state index is 13.9. The van der Waals surface area contributed by atoms with Crippen LogP contribution >= 0.6 is 0 Å². The van der Waals surface area contributed by atoms with E-state index in [1.807, 2.05) is 19.9 Å². The number of carbonyl (C=O) groups is 1. The van der Waals surface area contributed by atoms with Gasteiger partial charge in [-0.1, -0.05) is 32.3 Å². The van der Waals surface area contributed by atoms with E-state index in [4.69, 9.17) is 0 Å². The average Bonchev–Trinajstić information content (AvgIpc) is 2.11. The van der Waals surface area contributed by atoms with Crippen molar-refractivity contribution in [1.82, 2.24) is 0 Å². The molecule has 2 heteroatoms. The molecule has 0 N–H and O–H groups in total. The maximum atomic E-state index is 13.9. The first-order valence-electron chi connectivity index (χ1n) is 6.79. The molecule has 98 valence electrons. The number of rotatable bonds is 4. The molecule has 0 amide bonds. The summed E-state index contributed by atoms with van der Waals surface area (Å²) in [6.45, 7) is 5.78. The summed E-state index contributed by atoms with van der Waals surface area (Å²) in [5.41, 5.74) is 1.93. The first-order chi connectivity index (χ1) is 8.49. The lowest BCUT2D eigenvalue weighted by Gasteiger charge is -2.31. The molecule has 0 radical (unpaired) electrons. The number of ketones is 1. The van der Waals surface area contributed by atoms with Gasteiger partial charge in [0.2, 0.25) is 0 Å². The third-order valence-corrected chi connectivity index (χ3v) is 4.17. The first kappa shape index (κ1) is 13.3. The highest BCUT2D eigenvalue weighted by atomic mass is 19.1. The Morgan fingerprint density at radius 2 is 2.06 bits per heavy atom. The zero-order valence-corrected chi connectivity index (χ0v) is 11.4. The molecule has 1 nitrogen and oxygen atoms in total. The quantitative estimate of drug-likeness (QED) is 0.719. The fraction of sp³-hybridized carbons (Fsp3) is 0.562. The number of halogens is 1. The van der Waals surface area contributed by atoms with Crippen molar-refractivity contribution in [2.75, 3.05) is 0 Å². The summed E-state index contributed by atoms with van der Waals surface area (Å²) >= 11 is 0. The first-order valence-corrected chi connectivity index (χ1v) is 6.79. The Bertz CT molecular complexity index is 437. The van der Waals surface area contributed by atoms with Crippen molar-refractivity contribution in [3.63, 3.8) is 0 Å². The van der Waals surface area contributed by atoms with Crippen LogP contribution in [0, 0.1) is 31.5 Å². The lowest BCUT2D eigenvalue weighted by atomic mass is 9.74. The van der Waals surface area contributed by atoms with Gasteiger partial charge in [-0.2, -0.15) is 0 Å². The average molecular weight is 248 g/mol. The van der Waals surface area contributed by atoms with Crippen molar-refractivity contribution in [2.45, 2.75) is 46.5 Å². The minimum absolute atomic E-state index is 0.0376. The van der Waals surface area contributed by atoms with Gasteiger partial charge in [-0.05, 0) is 42.9 Å². The molecule has 1 aromatic carbocycles. The number of benzene rings is 1. The molecule has 1 aliphatic carbocycles. The van der Waals surface area contributed by atoms with E-state index in [9.17, 15) is 9.18 Å². The molecule has 1 saturated carbocycles. The molecule has 0 spiro atoms. The lowest BCUT2D eigenvalue weighted by Crippen LogP contribution is -2.22. The maximum Gasteiger partial charge on any atom is 0.166 e. The molecule has 0 saturated heterocycles. The molecule has 1 aliphatic rings. The Balaban J connectivity index is 2.13. The van der Waals surface area contributed by atoms with Crippen molar-refractivity contribution in [2.24, 2.45) is 11.8 Å². The summed E-state index contributed by atoms with van der Waals surface area (Å²) < 4.78 is 13.9. The van der Waals surface area contributed by atoms with Crippen molar-refractivity contribution in [3.8, 4) is 0 Å². The molecule has 18 heavy (non-hydrogen) atoms. The van der Waals surface area contributed by atoms with Crippen LogP contribution < -0.4 is 0 Å². The van der Waals surface area contributed by atoms with E-state index in [-0.39, 0.29) is 11.6 Å². The number of hydrogen-bond donors (Lipinski definition) is 0. The van der Waals surface area contributed by atoms with Crippen LogP contribution in [0.5, 0.6) is 0 Å². The Kier molecular flexibility index (Phi) is 3.84. The van der Waals surface area contributed by atoms with Gasteiger partial charge >= 0.3 is 0 Å². The molecule has 0 aromatic heterocycles. The van der Waals surface area contributed by atoms with Crippen LogP contribution in [0.1, 0.15) is 54.1 Å². The lowest BCUT2D eigenvalue weighted by molar-refractivity contribution is 0.0921. The van der Waals surface area contributed by atoms with Gasteiger partial charge in [0, 0.05) is 6.42 Å². The Morgan fingerprint density at radius 3 is 2.56 bits per heavy atom. The van der Waals surface area contributed by atoms with Gasteiger partial charge < -0.3 is 0 Å². The second-order valence-electron chi connectivity index (χ2n) is 5.73. The highest BCUT2D eigenvalue weighted by molar-refractivity contribution is 5.97. The molecule has 0 bridgehead atoms. The molecule has 1 aromatic rings. The molecule has 1 atom stereocenters. The van der Waals surface area contributed by atoms with E-state index < -0.39 is 0 Å². The van der Waals surface area contributed by atoms with Crippen LogP contribution in [0.25, 0.3) is 0 Å². The number of hydrogen-bond acceptors (Lipinski definition) is 1. The second-order valence-corrected chi connectivity index (χ2v) is 5.73. The normalized spacial score (nSPS) is 17.3. The van der Waals surface area contributed by atoms with Crippen LogP contribution in [0.2, 0.25) is 0 Å². The number of carbonyl (C=O) groups excluding carboxylic acids is 1. The van der Waals surface area contributed by atoms with Crippen LogP contribution in [0.4, 0.5) is 4.39 Å². The zero-order valence-electron chi connectivity index (χ0n) is 11.4. The topological polar surface area (TPSA) is 17.1 Å². The predicted octanol–water partition coefficient (Wildman–Crippen LogP) is 4.45. The summed E-state index contributed by atoms with van der Waals surface area (Å²) in [5.74, 6) is 0.650. The van der Waals surface area contributed by atoms with Crippen LogP contribution in [-0.2, 0) is 0 Å². The van der Waals surface area contributed by atoms with Crippen molar-refractivity contribution in [3.05, 3.63) is 34.6 Å². The minimum atomic E-state index is -0.363. The predicted molar refractivity (Wildman–Crippen MR) is 71.3 cm³/mol. The van der Waals surface area contributed by atoms with Gasteiger partial charge in [0.15, 0.2) is 5.78 Å². The highest BCUT2D eigenvalue weighted by Crippen LogP contribution is 2.35. The molecular formula is C16H21FO. The van der Waals surface area contributed by atoms with E-state index in [2.05, 4.69) is 6.92 Å². The zero-order chi connectivity index (χ0) is 13.3. The van der Waals surface area contributed by atoms with Crippen LogP contribution in [-0.4, -0.2) is 5.78 Å². The molecule has 0 heterocycles. The highest BCUT2D eigenvalue weighted by Gasteiger charge is 2.27. The van der Waals surface area contributed by atoms with Crippen molar-refractivity contribution in [1.29, 1.82) is 0 Å². The molecular weight excluding hydrogens is 227 g/mol. The standard InChI is InChI=1S/C16H21FO/c1-10-7-12(3)16(14(17)8-10)15(18)9-11(2)13-5-4-6-13/h7-8,11,13H,4-6,9H2,1-3H3. The van der Waals surface area contributed by atoms with Crippen molar-refractivity contribution < 1.29 is 9.18 Å². The molecule has 0 aliphatic heterocycles. The van der Waals surface area contributed by atoms with E-state index in [1.54, 1.807) is 0 Å². The Hall–Kier alpha value is -1.18. The van der Waals surface area contributed by atoms with Crippen LogP contribution in [0.15, 0.2) is 12.1 Å². The fourth-order valence-electron chi connectivity index (χ4n) is 2.84. The van der Waals surface area contributed by atoms with Crippen molar-refractivity contribution >= 4 is 5.78 Å². The molecule has 1 unspecified atom stereocenters. The Labute approximate surface area is 108 Å². The second kappa shape index (κ2) is 5.21. The smallest absolute Gasteiger partial charge is 0.166 e. The summed E-state index contributed by atoms with van der Waals surface area (Å²) in [6.07, 6.45) is 4.21. The third-order valence-electron chi connectivity index (χ3n) is 4.17. The molecule has 1 fully saturated rings. The van der Waals surface area contributed by atoms with Crippen LogP contribution in [0.3, 0.4) is 0 Å². The van der Waals surface area contributed by atoms with Gasteiger partial charge in [-0.15, -0.1) is 0 Å². The van der Waals surface area contributed by atoms with Gasteiger partial charge in [0.05, 0.1) is 5.56 Å². The van der Waals surface area contributed by atoms with Gasteiger partial charge in [-0.25, -0.2) is 4.39 Å². The Morgan fingerprint density at radius 1 is 1.39 bits per heavy atom. The number of aryl methyl sites for hydroxylation is 2.